The first-order chi connectivity index (χ1) is 16.6. The molecule has 35 heavy (non-hydrogen) atoms. The van der Waals surface area contributed by atoms with Crippen LogP contribution in [0, 0.1) is 17.8 Å². The zero-order chi connectivity index (χ0) is 26.8. The molecule has 0 spiro atoms. The molecule has 200 valence electrons. The zero-order valence-corrected chi connectivity index (χ0v) is 26.4. The second-order valence-corrected chi connectivity index (χ2v) is 11.2. The molecule has 0 aromatic rings. The molecule has 0 bridgehead atoms. The van der Waals surface area contributed by atoms with Crippen molar-refractivity contribution in [3.63, 3.8) is 0 Å². The molecule has 0 N–H and O–H groups in total. The summed E-state index contributed by atoms with van der Waals surface area (Å²) in [6.45, 7) is 0. The maximum atomic E-state index is 10.4. The van der Waals surface area contributed by atoms with E-state index in [2.05, 4.69) is 42.8 Å². The topological polar surface area (TPSA) is 120 Å². The van der Waals surface area contributed by atoms with Crippen LogP contribution in [-0.2, 0) is 14.4 Å². The van der Waals surface area contributed by atoms with E-state index in [0.717, 1.165) is 77.0 Å². The van der Waals surface area contributed by atoms with Crippen LogP contribution in [-0.4, -0.2) is 56.2 Å². The Morgan fingerprint density at radius 3 is 0.829 bits per heavy atom. The van der Waals surface area contributed by atoms with Crippen molar-refractivity contribution in [2.24, 2.45) is 17.8 Å². The number of hydrogen-bond acceptors (Lipinski definition) is 9. The molecular weight excluding hydrogens is 611 g/mol. The number of carboxylic acids is 3. The second kappa shape index (κ2) is 21.2. The van der Waals surface area contributed by atoms with Gasteiger partial charge in [0.05, 0.1) is 17.9 Å². The number of rotatable bonds is 6. The standard InChI is InChI=1S/3C8H14O2S.CH3.Sn/c3*9-8(10)7(11)6-4-2-1-3-5-6;;/h3*6-7,11H,1-5H2,(H,9,10);1H3;/q;;;;+3/p-3. The fraction of sp³-hybridized carbons (Fsp3) is 0.880. The van der Waals surface area contributed by atoms with Gasteiger partial charge in [0.1, 0.15) is 0 Å². The van der Waals surface area contributed by atoms with Crippen LogP contribution in [0.25, 0.3) is 0 Å². The van der Waals surface area contributed by atoms with Gasteiger partial charge in [0, 0.05) is 15.7 Å². The van der Waals surface area contributed by atoms with Crippen molar-refractivity contribution in [1.29, 1.82) is 0 Å². The maximum absolute atomic E-state index is 10.4. The zero-order valence-electron chi connectivity index (χ0n) is 20.9. The molecule has 3 rings (SSSR count). The van der Waals surface area contributed by atoms with Crippen molar-refractivity contribution in [3.8, 4) is 0 Å². The van der Waals surface area contributed by atoms with E-state index < -0.39 is 33.7 Å². The molecule has 0 amide bonds. The van der Waals surface area contributed by atoms with Crippen LogP contribution in [0.1, 0.15) is 96.3 Å². The Morgan fingerprint density at radius 2 is 0.686 bits per heavy atom. The van der Waals surface area contributed by atoms with E-state index in [1.165, 1.54) is 19.3 Å². The van der Waals surface area contributed by atoms with Crippen LogP contribution in [0.2, 0.25) is 4.94 Å². The van der Waals surface area contributed by atoms with Gasteiger partial charge in [-0.05, 0) is 56.3 Å². The third-order valence-corrected chi connectivity index (χ3v) is 8.91. The van der Waals surface area contributed by atoms with Crippen molar-refractivity contribution in [3.05, 3.63) is 0 Å². The normalized spacial score (nSPS) is 21.9. The summed E-state index contributed by atoms with van der Waals surface area (Å²) >= 11 is 13.6. The van der Waals surface area contributed by atoms with Gasteiger partial charge in [-0.2, -0.15) is 37.9 Å². The quantitative estimate of drug-likeness (QED) is 0.299. The van der Waals surface area contributed by atoms with Gasteiger partial charge in [-0.25, -0.2) is 0 Å². The van der Waals surface area contributed by atoms with E-state index in [4.69, 9.17) is 0 Å². The van der Waals surface area contributed by atoms with Crippen LogP contribution in [0.3, 0.4) is 0 Å². The molecule has 0 heterocycles. The molecule has 3 atom stereocenters. The second-order valence-electron chi connectivity index (χ2n) is 9.49. The molecule has 0 saturated heterocycles. The first kappa shape index (κ1) is 35.3. The number of carboxylic acid groups (broad SMARTS) is 3. The molecule has 0 aliphatic heterocycles. The molecule has 0 aromatic heterocycles. The van der Waals surface area contributed by atoms with Gasteiger partial charge < -0.3 is 29.7 Å². The molecule has 6 nitrogen and oxygen atoms in total. The van der Waals surface area contributed by atoms with Crippen LogP contribution >= 0.6 is 37.9 Å². The molecule has 10 heteroatoms. The Morgan fingerprint density at radius 1 is 0.514 bits per heavy atom. The summed E-state index contributed by atoms with van der Waals surface area (Å²) in [5.41, 5.74) is 0. The minimum absolute atomic E-state index is 0.247. The number of carbonyl (C=O) groups excluding carboxylic acids is 3. The van der Waals surface area contributed by atoms with E-state index in [9.17, 15) is 29.7 Å². The van der Waals surface area contributed by atoms with Crippen LogP contribution in [0.15, 0.2) is 0 Å². The van der Waals surface area contributed by atoms with Crippen molar-refractivity contribution >= 4 is 78.3 Å². The van der Waals surface area contributed by atoms with E-state index in [0.29, 0.717) is 0 Å². The van der Waals surface area contributed by atoms with Crippen LogP contribution in [0.4, 0.5) is 0 Å². The number of carbonyl (C=O) groups is 3. The first-order valence-electron chi connectivity index (χ1n) is 12.8. The van der Waals surface area contributed by atoms with E-state index in [1.54, 1.807) is 22.5 Å². The van der Waals surface area contributed by atoms with Gasteiger partial charge in [0.25, 0.3) is 0 Å². The summed E-state index contributed by atoms with van der Waals surface area (Å²) in [4.78, 5) is 33.3. The number of thiol groups is 3. The van der Waals surface area contributed by atoms with Gasteiger partial charge in [-0.1, -0.05) is 57.8 Å². The molecule has 3 aliphatic carbocycles. The summed E-state index contributed by atoms with van der Waals surface area (Å²) in [5.74, 6) is -2.30. The predicted octanol–water partition coefficient (Wildman–Crippen LogP) is 2.05. The Kier molecular flexibility index (Phi) is 21.4. The number of hydrogen-bond donors (Lipinski definition) is 3. The summed E-state index contributed by atoms with van der Waals surface area (Å²) in [6, 6.07) is 0. The Labute approximate surface area is 241 Å². The average Bonchev–Trinajstić information content (AvgIpc) is 2.90. The summed E-state index contributed by atoms with van der Waals surface area (Å²) in [6.07, 6.45) is 16.6. The van der Waals surface area contributed by atoms with Gasteiger partial charge in [-0.15, -0.1) is 0 Å². The molecule has 0 aromatic carbocycles. The van der Waals surface area contributed by atoms with Gasteiger partial charge in [0.2, 0.25) is 0 Å². The average molecular weight is 654 g/mol. The van der Waals surface area contributed by atoms with E-state index >= 15 is 0 Å². The Balaban J connectivity index is 0.000000478. The van der Waals surface area contributed by atoms with Crippen molar-refractivity contribution in [2.75, 3.05) is 0 Å². The molecule has 3 unspecified atom stereocenters. The summed E-state index contributed by atoms with van der Waals surface area (Å²) < 4.78 is 0. The van der Waals surface area contributed by atoms with Gasteiger partial charge in [-0.3, -0.25) is 0 Å². The van der Waals surface area contributed by atoms with Crippen molar-refractivity contribution < 1.29 is 29.7 Å². The molecular formula is C25H42O6S3Sn. The van der Waals surface area contributed by atoms with Crippen LogP contribution in [0.5, 0.6) is 0 Å². The van der Waals surface area contributed by atoms with Gasteiger partial charge in [0.15, 0.2) is 0 Å². The number of aliphatic carboxylic acids is 3. The van der Waals surface area contributed by atoms with E-state index in [1.807, 2.05) is 0 Å². The van der Waals surface area contributed by atoms with Gasteiger partial charge >= 0.3 is 27.5 Å². The predicted molar refractivity (Wildman–Crippen MR) is 145 cm³/mol. The molecule has 3 aliphatic rings. The summed E-state index contributed by atoms with van der Waals surface area (Å²) in [5, 5.41) is 29.6. The molecule has 0 radical (unpaired) electrons. The van der Waals surface area contributed by atoms with Crippen molar-refractivity contribution in [1.82, 2.24) is 0 Å². The SMILES string of the molecule is O=C([O-])C(S)C1CCCCC1.O=C([O-])C(S)C1CCCCC1.O=C([O-])C(S)C1CCCCC1.[CH3][Sn+3]. The summed E-state index contributed by atoms with van der Waals surface area (Å²) in [7, 11) is 0. The Bertz CT molecular complexity index is 511. The fourth-order valence-electron chi connectivity index (χ4n) is 4.93. The van der Waals surface area contributed by atoms with Crippen LogP contribution < -0.4 is 15.3 Å². The third kappa shape index (κ3) is 15.3. The third-order valence-electron chi connectivity index (χ3n) is 7.01. The van der Waals surface area contributed by atoms with E-state index in [-0.39, 0.29) is 17.8 Å². The van der Waals surface area contributed by atoms with Crippen molar-refractivity contribution in [2.45, 2.75) is 117 Å². The monoisotopic (exact) mass is 654 g/mol. The first-order valence-corrected chi connectivity index (χ1v) is 17.2. The fourth-order valence-corrected chi connectivity index (χ4v) is 5.82. The Hall–Kier alpha value is 0.259. The molecule has 3 saturated carbocycles. The molecule has 3 fully saturated rings. The minimum atomic E-state index is -1.01.